The van der Waals surface area contributed by atoms with Crippen LogP contribution >= 0.6 is 0 Å². The lowest BCUT2D eigenvalue weighted by atomic mass is 9.99. The number of carbonyl (C=O) groups excluding carboxylic acids is 2. The summed E-state index contributed by atoms with van der Waals surface area (Å²) in [5, 5.41) is 10.4. The molecule has 1 fully saturated rings. The van der Waals surface area contributed by atoms with Gasteiger partial charge >= 0.3 is 0 Å². The van der Waals surface area contributed by atoms with Gasteiger partial charge in [-0.1, -0.05) is 10.3 Å². The third-order valence-electron chi connectivity index (χ3n) is 6.09. The van der Waals surface area contributed by atoms with Crippen molar-refractivity contribution < 1.29 is 14.2 Å². The minimum atomic E-state index is -0.411. The van der Waals surface area contributed by atoms with Crippen LogP contribution in [0.5, 0.6) is 0 Å². The van der Waals surface area contributed by atoms with Gasteiger partial charge in [-0.15, -0.1) is 0 Å². The highest BCUT2D eigenvalue weighted by Gasteiger charge is 2.33. The zero-order chi connectivity index (χ0) is 21.3. The molecule has 0 radical (unpaired) electrons. The van der Waals surface area contributed by atoms with E-state index in [0.29, 0.717) is 36.6 Å². The number of hydrogen-bond acceptors (Lipinski definition) is 7. The summed E-state index contributed by atoms with van der Waals surface area (Å²) in [4.78, 5) is 31.9. The van der Waals surface area contributed by atoms with Gasteiger partial charge in [-0.2, -0.15) is 0 Å². The molecule has 9 nitrogen and oxygen atoms in total. The fourth-order valence-corrected chi connectivity index (χ4v) is 4.14. The monoisotopic (exact) mass is 412 g/mol. The number of benzene rings is 1. The maximum atomic E-state index is 13.2. The Morgan fingerprint density at radius 3 is 2.80 bits per heavy atom. The zero-order valence-corrected chi connectivity index (χ0v) is 17.7. The van der Waals surface area contributed by atoms with Gasteiger partial charge in [0.2, 0.25) is 5.91 Å². The van der Waals surface area contributed by atoms with Crippen molar-refractivity contribution >= 4 is 17.5 Å². The molecule has 0 bridgehead atoms. The SMILES string of the molecule is Cc1nonc1CNC(=O)C1CN(C(=O)c2ccc3c(c2)CCCN3C)CCN1C. The van der Waals surface area contributed by atoms with Crippen LogP contribution in [-0.4, -0.2) is 78.2 Å². The quantitative estimate of drug-likeness (QED) is 0.795. The van der Waals surface area contributed by atoms with E-state index in [4.69, 9.17) is 0 Å². The van der Waals surface area contributed by atoms with Gasteiger partial charge in [-0.05, 0) is 50.6 Å². The Labute approximate surface area is 176 Å². The third-order valence-corrected chi connectivity index (χ3v) is 6.09. The van der Waals surface area contributed by atoms with Crippen LogP contribution in [0, 0.1) is 6.92 Å². The average molecular weight is 412 g/mol. The van der Waals surface area contributed by atoms with E-state index < -0.39 is 6.04 Å². The second-order valence-corrected chi connectivity index (χ2v) is 8.13. The largest absolute Gasteiger partial charge is 0.374 e. The molecule has 2 aliphatic heterocycles. The Kier molecular flexibility index (Phi) is 5.72. The lowest BCUT2D eigenvalue weighted by Crippen LogP contribution is -2.58. The number of carbonyl (C=O) groups is 2. The topological polar surface area (TPSA) is 94.8 Å². The van der Waals surface area contributed by atoms with Crippen LogP contribution in [0.25, 0.3) is 0 Å². The number of nitrogens with one attached hydrogen (secondary N) is 1. The third kappa shape index (κ3) is 4.02. The number of nitrogens with zero attached hydrogens (tertiary/aromatic N) is 5. The van der Waals surface area contributed by atoms with E-state index >= 15 is 0 Å². The normalized spacial score (nSPS) is 19.5. The Morgan fingerprint density at radius 1 is 1.20 bits per heavy atom. The van der Waals surface area contributed by atoms with Gasteiger partial charge in [0.05, 0.1) is 6.54 Å². The molecule has 4 rings (SSSR count). The van der Waals surface area contributed by atoms with Gasteiger partial charge < -0.3 is 15.1 Å². The second-order valence-electron chi connectivity index (χ2n) is 8.13. The number of aryl methyl sites for hydroxylation is 2. The van der Waals surface area contributed by atoms with Gasteiger partial charge in [0.25, 0.3) is 5.91 Å². The number of piperazine rings is 1. The molecule has 0 spiro atoms. The first-order valence-corrected chi connectivity index (χ1v) is 10.3. The summed E-state index contributed by atoms with van der Waals surface area (Å²) in [5.41, 5.74) is 4.37. The minimum Gasteiger partial charge on any atom is -0.374 e. The molecule has 3 heterocycles. The highest BCUT2D eigenvalue weighted by Crippen LogP contribution is 2.27. The van der Waals surface area contributed by atoms with Crippen LogP contribution in [0.2, 0.25) is 0 Å². The number of fused-ring (bicyclic) bond motifs is 1. The van der Waals surface area contributed by atoms with Crippen molar-refractivity contribution in [3.05, 3.63) is 40.7 Å². The number of amides is 2. The summed E-state index contributed by atoms with van der Waals surface area (Å²) in [5.74, 6) is -0.155. The Balaban J connectivity index is 1.43. The predicted molar refractivity (Wildman–Crippen MR) is 111 cm³/mol. The summed E-state index contributed by atoms with van der Waals surface area (Å²) >= 11 is 0. The lowest BCUT2D eigenvalue weighted by molar-refractivity contribution is -0.127. The van der Waals surface area contributed by atoms with Crippen molar-refractivity contribution in [1.82, 2.24) is 25.4 Å². The summed E-state index contributed by atoms with van der Waals surface area (Å²) in [6.07, 6.45) is 2.09. The van der Waals surface area contributed by atoms with Crippen molar-refractivity contribution in [1.29, 1.82) is 0 Å². The molecule has 1 aromatic heterocycles. The zero-order valence-electron chi connectivity index (χ0n) is 17.7. The van der Waals surface area contributed by atoms with Crippen molar-refractivity contribution in [2.24, 2.45) is 0 Å². The van der Waals surface area contributed by atoms with E-state index in [1.165, 1.54) is 11.3 Å². The summed E-state index contributed by atoms with van der Waals surface area (Å²) in [7, 11) is 3.99. The number of rotatable bonds is 4. The molecule has 2 amide bonds. The molecule has 9 heteroatoms. The van der Waals surface area contributed by atoms with Gasteiger partial charge in [0, 0.05) is 44.5 Å². The molecular weight excluding hydrogens is 384 g/mol. The number of anilines is 1. The van der Waals surface area contributed by atoms with Crippen LogP contribution in [-0.2, 0) is 17.8 Å². The van der Waals surface area contributed by atoms with Crippen molar-refractivity contribution in [2.45, 2.75) is 32.4 Å². The molecule has 1 atom stereocenters. The van der Waals surface area contributed by atoms with E-state index in [1.807, 2.05) is 30.1 Å². The molecule has 0 aliphatic carbocycles. The summed E-state index contributed by atoms with van der Waals surface area (Å²) in [6, 6.07) is 5.54. The van der Waals surface area contributed by atoms with Gasteiger partial charge in [-0.3, -0.25) is 14.5 Å². The smallest absolute Gasteiger partial charge is 0.253 e. The van der Waals surface area contributed by atoms with E-state index in [1.54, 1.807) is 11.8 Å². The van der Waals surface area contributed by atoms with Gasteiger partial charge in [-0.25, -0.2) is 4.63 Å². The molecule has 2 aromatic rings. The molecule has 1 N–H and O–H groups in total. The van der Waals surface area contributed by atoms with E-state index in [9.17, 15) is 9.59 Å². The molecular formula is C21H28N6O3. The Morgan fingerprint density at radius 2 is 2.03 bits per heavy atom. The number of aromatic nitrogens is 2. The highest BCUT2D eigenvalue weighted by molar-refractivity contribution is 5.95. The molecule has 2 aliphatic rings. The predicted octanol–water partition coefficient (Wildman–Crippen LogP) is 0.833. The van der Waals surface area contributed by atoms with E-state index in [0.717, 1.165) is 19.4 Å². The molecule has 1 aromatic carbocycles. The van der Waals surface area contributed by atoms with Crippen LogP contribution in [0.4, 0.5) is 5.69 Å². The number of hydrogen-bond donors (Lipinski definition) is 1. The van der Waals surface area contributed by atoms with Crippen molar-refractivity contribution in [3.63, 3.8) is 0 Å². The first-order chi connectivity index (χ1) is 14.4. The molecule has 160 valence electrons. The molecule has 1 unspecified atom stereocenters. The van der Waals surface area contributed by atoms with Gasteiger partial charge in [0.15, 0.2) is 0 Å². The average Bonchev–Trinajstić information content (AvgIpc) is 3.16. The Bertz CT molecular complexity index is 943. The first kappa shape index (κ1) is 20.3. The standard InChI is InChI=1S/C21H28N6O3/c1-14-17(24-30-23-14)12-22-20(28)19-13-27(10-9-26(19)3)21(29)16-6-7-18-15(11-16)5-4-8-25(18)2/h6-7,11,19H,4-5,8-10,12-13H2,1-3H3,(H,22,28). The maximum Gasteiger partial charge on any atom is 0.253 e. The van der Waals surface area contributed by atoms with Crippen LogP contribution in [0.1, 0.15) is 33.7 Å². The van der Waals surface area contributed by atoms with Crippen molar-refractivity contribution in [3.8, 4) is 0 Å². The minimum absolute atomic E-state index is 0.0199. The van der Waals surface area contributed by atoms with Crippen LogP contribution in [0.15, 0.2) is 22.8 Å². The summed E-state index contributed by atoms with van der Waals surface area (Å²) in [6.45, 7) is 4.67. The number of likely N-dealkylation sites (N-methyl/N-ethyl adjacent to an activating group) is 1. The van der Waals surface area contributed by atoms with E-state index in [-0.39, 0.29) is 18.4 Å². The van der Waals surface area contributed by atoms with E-state index in [2.05, 4.69) is 32.2 Å². The fraction of sp³-hybridized carbons (Fsp3) is 0.524. The van der Waals surface area contributed by atoms with Gasteiger partial charge in [0.1, 0.15) is 17.4 Å². The fourth-order valence-electron chi connectivity index (χ4n) is 4.14. The highest BCUT2D eigenvalue weighted by atomic mass is 16.6. The van der Waals surface area contributed by atoms with Crippen molar-refractivity contribution in [2.75, 3.05) is 45.2 Å². The molecule has 0 saturated carbocycles. The molecule has 30 heavy (non-hydrogen) atoms. The first-order valence-electron chi connectivity index (χ1n) is 10.3. The molecule has 1 saturated heterocycles. The van der Waals surface area contributed by atoms with Crippen LogP contribution in [0.3, 0.4) is 0 Å². The lowest BCUT2D eigenvalue weighted by Gasteiger charge is -2.38. The van der Waals surface area contributed by atoms with Crippen LogP contribution < -0.4 is 10.2 Å². The Hall–Kier alpha value is -2.94. The second kappa shape index (κ2) is 8.43. The summed E-state index contributed by atoms with van der Waals surface area (Å²) < 4.78 is 4.67. The maximum absolute atomic E-state index is 13.2.